The molecule has 2 aromatic rings. The molecule has 0 aliphatic heterocycles. The van der Waals surface area contributed by atoms with Gasteiger partial charge in [-0.05, 0) is 24.3 Å². The van der Waals surface area contributed by atoms with Crippen LogP contribution >= 0.6 is 0 Å². The van der Waals surface area contributed by atoms with Gasteiger partial charge >= 0.3 is 5.65 Å². The lowest BCUT2D eigenvalue weighted by Gasteiger charge is -1.95. The third-order valence-electron chi connectivity index (χ3n) is 1.96. The van der Waals surface area contributed by atoms with Gasteiger partial charge in [-0.15, -0.1) is 0 Å². The van der Waals surface area contributed by atoms with Crippen LogP contribution in [-0.4, -0.2) is 10.1 Å². The highest BCUT2D eigenvalue weighted by atomic mass is 16.8. The molecule has 0 unspecified atom stereocenters. The summed E-state index contributed by atoms with van der Waals surface area (Å²) in [5, 5.41) is 14.6. The summed E-state index contributed by atoms with van der Waals surface area (Å²) in [6.45, 7) is 3.84. The average molecular weight is 179 g/mol. The van der Waals surface area contributed by atoms with E-state index in [0.29, 0.717) is 16.1 Å². The van der Waals surface area contributed by atoms with E-state index in [1.165, 1.54) is 0 Å². The van der Waals surface area contributed by atoms with Gasteiger partial charge < -0.3 is 5.21 Å². The van der Waals surface area contributed by atoms with Crippen LogP contribution in [0.25, 0.3) is 11.2 Å². The Bertz CT molecular complexity index is 450. The Morgan fingerprint density at radius 1 is 1.62 bits per heavy atom. The summed E-state index contributed by atoms with van der Waals surface area (Å²) in [5.41, 5.74) is 2.56. The lowest BCUT2D eigenvalue weighted by atomic mass is 10.2. The van der Waals surface area contributed by atoms with E-state index >= 15 is 0 Å². The van der Waals surface area contributed by atoms with Crippen LogP contribution in [0.4, 0.5) is 0 Å². The molecule has 0 atom stereocenters. The molecule has 68 valence electrons. The molecule has 0 bridgehead atoms. The molecule has 5 nitrogen and oxygen atoms in total. The molecule has 0 radical (unpaired) electrons. The summed E-state index contributed by atoms with van der Waals surface area (Å²) in [4.78, 5) is 4.54. The summed E-state index contributed by atoms with van der Waals surface area (Å²) in [5.74, 6) is 0. The molecule has 2 heterocycles. The van der Waals surface area contributed by atoms with Crippen molar-refractivity contribution < 1.29 is 9.53 Å². The number of hydrogen-bond donors (Lipinski definition) is 0. The molecule has 13 heavy (non-hydrogen) atoms. The monoisotopic (exact) mass is 179 g/mol. The van der Waals surface area contributed by atoms with Crippen molar-refractivity contribution in [2.75, 3.05) is 0 Å². The van der Waals surface area contributed by atoms with E-state index in [0.717, 1.165) is 17.7 Å². The number of nitrogens with zero attached hydrogens (tertiary/aromatic N) is 3. The smallest absolute Gasteiger partial charge is 0.341 e. The van der Waals surface area contributed by atoms with E-state index < -0.39 is 0 Å². The summed E-state index contributed by atoms with van der Waals surface area (Å²) < 4.78 is 4.44. The van der Waals surface area contributed by atoms with Crippen molar-refractivity contribution in [2.45, 2.75) is 20.3 Å². The van der Waals surface area contributed by atoms with Crippen molar-refractivity contribution in [1.29, 1.82) is 0 Å². The first kappa shape index (κ1) is 7.97. The predicted molar refractivity (Wildman–Crippen MR) is 44.9 cm³/mol. The van der Waals surface area contributed by atoms with E-state index in [1.807, 2.05) is 19.9 Å². The van der Waals surface area contributed by atoms with Crippen LogP contribution in [0.5, 0.6) is 0 Å². The molecule has 0 fully saturated rings. The van der Waals surface area contributed by atoms with Gasteiger partial charge in [0.05, 0.1) is 5.16 Å². The van der Waals surface area contributed by atoms with Gasteiger partial charge in [-0.2, -0.15) is 0 Å². The molecule has 0 spiro atoms. The maximum absolute atomic E-state index is 11.0. The molecule has 0 aliphatic carbocycles. The minimum atomic E-state index is 0.381. The van der Waals surface area contributed by atoms with Gasteiger partial charge in [-0.3, -0.25) is 4.63 Å². The highest BCUT2D eigenvalue weighted by Gasteiger charge is 2.14. The number of fused-ring (bicyclic) bond motifs is 1. The summed E-state index contributed by atoms with van der Waals surface area (Å²) >= 11 is 0. The van der Waals surface area contributed by atoms with E-state index in [4.69, 9.17) is 0 Å². The number of rotatable bonds is 1. The number of aromatic nitrogens is 3. The third kappa shape index (κ3) is 1.12. The fraction of sp³-hybridized carbons (Fsp3) is 0.375. The van der Waals surface area contributed by atoms with Crippen LogP contribution < -0.4 is 4.90 Å². The van der Waals surface area contributed by atoms with E-state index in [9.17, 15) is 5.21 Å². The Kier molecular flexibility index (Phi) is 1.65. The predicted octanol–water partition coefficient (Wildman–Crippen LogP) is 0.727. The largest absolute Gasteiger partial charge is 0.359 e. The molecular formula is C8H9N3O2. The third-order valence-corrected chi connectivity index (χ3v) is 1.96. The molecule has 0 aliphatic rings. The number of hydrogen-bond acceptors (Lipinski definition) is 4. The Morgan fingerprint density at radius 2 is 2.38 bits per heavy atom. The average Bonchev–Trinajstić information content (AvgIpc) is 2.48. The number of aryl methyl sites for hydroxylation is 2. The second-order valence-electron chi connectivity index (χ2n) is 2.89. The van der Waals surface area contributed by atoms with Crippen LogP contribution in [-0.2, 0) is 6.42 Å². The van der Waals surface area contributed by atoms with Gasteiger partial charge in [0.15, 0.2) is 0 Å². The van der Waals surface area contributed by atoms with E-state index in [2.05, 4.69) is 14.8 Å². The van der Waals surface area contributed by atoms with Crippen molar-refractivity contribution in [1.82, 2.24) is 10.1 Å². The first-order valence-electron chi connectivity index (χ1n) is 4.08. The molecule has 5 heteroatoms. The minimum absolute atomic E-state index is 0.381. The summed E-state index contributed by atoms with van der Waals surface area (Å²) in [6, 6.07) is 1.87. The molecule has 2 aromatic heterocycles. The SMILES string of the molecule is CCc1cc(C)c2c(no[n+]2[O-])n1. The molecular weight excluding hydrogens is 170 g/mol. The van der Waals surface area contributed by atoms with E-state index in [1.54, 1.807) is 0 Å². The first-order valence-corrected chi connectivity index (χ1v) is 4.08. The highest BCUT2D eigenvalue weighted by molar-refractivity contribution is 5.69. The summed E-state index contributed by atoms with van der Waals surface area (Å²) in [6.07, 6.45) is 0.822. The van der Waals surface area contributed by atoms with Crippen molar-refractivity contribution in [3.05, 3.63) is 22.5 Å². The quantitative estimate of drug-likeness (QED) is 0.605. The minimum Gasteiger partial charge on any atom is -0.359 e. The fourth-order valence-electron chi connectivity index (χ4n) is 1.30. The second-order valence-corrected chi connectivity index (χ2v) is 2.89. The molecule has 0 amide bonds. The maximum atomic E-state index is 11.0. The van der Waals surface area contributed by atoms with E-state index in [-0.39, 0.29) is 0 Å². The van der Waals surface area contributed by atoms with Crippen molar-refractivity contribution in [2.24, 2.45) is 0 Å². The summed E-state index contributed by atoms with van der Waals surface area (Å²) in [7, 11) is 0. The molecule has 0 saturated heterocycles. The highest BCUT2D eigenvalue weighted by Crippen LogP contribution is 2.12. The van der Waals surface area contributed by atoms with Gasteiger partial charge in [-0.25, -0.2) is 4.98 Å². The van der Waals surface area contributed by atoms with Crippen molar-refractivity contribution in [3.8, 4) is 0 Å². The van der Waals surface area contributed by atoms with Crippen LogP contribution in [0, 0.1) is 12.1 Å². The molecule has 2 rings (SSSR count). The van der Waals surface area contributed by atoms with Crippen molar-refractivity contribution in [3.63, 3.8) is 0 Å². The standard InChI is InChI=1S/C8H9N3O2/c1-3-6-4-5(2)7-8(9-6)10-13-11(7)12/h4H,3H2,1-2H3. The Labute approximate surface area is 74.5 Å². The second kappa shape index (κ2) is 2.69. The van der Waals surface area contributed by atoms with Gasteiger partial charge in [0, 0.05) is 11.3 Å². The topological polar surface area (TPSA) is 65.9 Å². The lowest BCUT2D eigenvalue weighted by Crippen LogP contribution is -2.23. The number of pyridine rings is 1. The van der Waals surface area contributed by atoms with Gasteiger partial charge in [0.2, 0.25) is 5.52 Å². The van der Waals surface area contributed by atoms with Gasteiger partial charge in [0.1, 0.15) is 0 Å². The molecule has 0 N–H and O–H groups in total. The van der Waals surface area contributed by atoms with Crippen LogP contribution in [0.3, 0.4) is 0 Å². The lowest BCUT2D eigenvalue weighted by molar-refractivity contribution is -0.782. The van der Waals surface area contributed by atoms with Crippen LogP contribution in [0.2, 0.25) is 0 Å². The van der Waals surface area contributed by atoms with Crippen LogP contribution in [0.1, 0.15) is 18.2 Å². The molecule has 0 saturated carbocycles. The normalized spacial score (nSPS) is 10.9. The zero-order valence-electron chi connectivity index (χ0n) is 7.44. The van der Waals surface area contributed by atoms with Crippen molar-refractivity contribution >= 4 is 11.2 Å². The maximum Gasteiger partial charge on any atom is 0.341 e. The molecule has 0 aromatic carbocycles. The Morgan fingerprint density at radius 3 is 3.08 bits per heavy atom. The van der Waals surface area contributed by atoms with Gasteiger partial charge in [0.25, 0.3) is 0 Å². The van der Waals surface area contributed by atoms with Crippen LogP contribution in [0.15, 0.2) is 10.7 Å². The zero-order chi connectivity index (χ0) is 9.42. The zero-order valence-corrected chi connectivity index (χ0v) is 7.44. The first-order chi connectivity index (χ1) is 6.22. The fourth-order valence-corrected chi connectivity index (χ4v) is 1.30. The Balaban J connectivity index is 2.79. The van der Waals surface area contributed by atoms with Gasteiger partial charge in [-0.1, -0.05) is 6.92 Å². The Hall–Kier alpha value is -1.65.